The SMILES string of the molecule is Cc1nc2sccn2c(=O)c1CCN1CC2CC(c3cccc(Cl)c3)C2C1. The maximum Gasteiger partial charge on any atom is 0.261 e. The summed E-state index contributed by atoms with van der Waals surface area (Å²) in [5.74, 6) is 2.15. The van der Waals surface area contributed by atoms with Gasteiger partial charge in [-0.15, -0.1) is 11.3 Å². The Labute approximate surface area is 167 Å². The number of rotatable bonds is 4. The zero-order chi connectivity index (χ0) is 18.5. The molecule has 0 N–H and O–H groups in total. The number of thiazole rings is 1. The summed E-state index contributed by atoms with van der Waals surface area (Å²) in [5.41, 5.74) is 3.21. The van der Waals surface area contributed by atoms with Crippen LogP contribution in [0.5, 0.6) is 0 Å². The van der Waals surface area contributed by atoms with Crippen molar-refractivity contribution in [1.29, 1.82) is 0 Å². The van der Waals surface area contributed by atoms with Crippen molar-refractivity contribution in [2.75, 3.05) is 19.6 Å². The molecule has 3 unspecified atom stereocenters. The molecule has 1 saturated carbocycles. The van der Waals surface area contributed by atoms with Gasteiger partial charge >= 0.3 is 0 Å². The maximum absolute atomic E-state index is 12.7. The second-order valence-electron chi connectivity index (χ2n) is 7.87. The van der Waals surface area contributed by atoms with E-state index in [0.29, 0.717) is 5.92 Å². The van der Waals surface area contributed by atoms with Crippen molar-refractivity contribution in [3.8, 4) is 0 Å². The number of hydrogen-bond acceptors (Lipinski definition) is 4. The number of aromatic nitrogens is 2. The molecule has 4 nitrogen and oxygen atoms in total. The molecule has 0 radical (unpaired) electrons. The third-order valence-electron chi connectivity index (χ3n) is 6.36. The van der Waals surface area contributed by atoms with E-state index in [9.17, 15) is 4.79 Å². The Morgan fingerprint density at radius 1 is 1.33 bits per heavy atom. The molecule has 2 aliphatic rings. The molecule has 1 saturated heterocycles. The first-order valence-corrected chi connectivity index (χ1v) is 10.8. The summed E-state index contributed by atoms with van der Waals surface area (Å²) in [6.45, 7) is 5.16. The highest BCUT2D eigenvalue weighted by Crippen LogP contribution is 2.51. The lowest BCUT2D eigenvalue weighted by molar-refractivity contribution is 0.191. The molecule has 0 spiro atoms. The quantitative estimate of drug-likeness (QED) is 0.665. The van der Waals surface area contributed by atoms with Gasteiger partial charge in [-0.2, -0.15) is 0 Å². The number of halogens is 1. The molecule has 3 atom stereocenters. The molecule has 3 aromatic rings. The summed E-state index contributed by atoms with van der Waals surface area (Å²) in [4.78, 5) is 20.6. The van der Waals surface area contributed by atoms with E-state index in [-0.39, 0.29) is 5.56 Å². The average Bonchev–Trinajstić information content (AvgIpc) is 3.21. The van der Waals surface area contributed by atoms with Crippen LogP contribution in [-0.4, -0.2) is 33.9 Å². The van der Waals surface area contributed by atoms with Gasteiger partial charge in [0.15, 0.2) is 4.96 Å². The zero-order valence-electron chi connectivity index (χ0n) is 15.3. The highest BCUT2D eigenvalue weighted by Gasteiger charge is 2.47. The third-order valence-corrected chi connectivity index (χ3v) is 7.35. The molecular formula is C21H22ClN3OS. The molecule has 140 valence electrons. The van der Waals surface area contributed by atoms with Gasteiger partial charge in [-0.25, -0.2) is 4.98 Å². The van der Waals surface area contributed by atoms with Crippen LogP contribution in [0.4, 0.5) is 0 Å². The molecule has 1 aliphatic heterocycles. The highest BCUT2D eigenvalue weighted by molar-refractivity contribution is 7.15. The van der Waals surface area contributed by atoms with Gasteiger partial charge in [0.05, 0.1) is 0 Å². The van der Waals surface area contributed by atoms with Gasteiger partial charge in [0, 0.05) is 47.5 Å². The first kappa shape index (κ1) is 17.4. The van der Waals surface area contributed by atoms with E-state index < -0.39 is 0 Å². The Balaban J connectivity index is 1.27. The van der Waals surface area contributed by atoms with E-state index in [1.165, 1.54) is 23.3 Å². The number of nitrogens with zero attached hydrogens (tertiary/aromatic N) is 3. The van der Waals surface area contributed by atoms with Crippen LogP contribution in [0.1, 0.15) is 29.2 Å². The number of aryl methyl sites for hydroxylation is 1. The molecule has 6 heteroatoms. The Kier molecular flexibility index (Phi) is 4.34. The van der Waals surface area contributed by atoms with Crippen LogP contribution < -0.4 is 5.56 Å². The molecule has 0 bridgehead atoms. The zero-order valence-corrected chi connectivity index (χ0v) is 16.8. The summed E-state index contributed by atoms with van der Waals surface area (Å²) in [6.07, 6.45) is 3.85. The Morgan fingerprint density at radius 2 is 2.22 bits per heavy atom. The van der Waals surface area contributed by atoms with E-state index >= 15 is 0 Å². The van der Waals surface area contributed by atoms with Crippen LogP contribution in [-0.2, 0) is 6.42 Å². The summed E-state index contributed by atoms with van der Waals surface area (Å²) in [6, 6.07) is 8.33. The fraction of sp³-hybridized carbons (Fsp3) is 0.429. The molecular weight excluding hydrogens is 378 g/mol. The van der Waals surface area contributed by atoms with Crippen molar-refractivity contribution in [3.05, 3.63) is 68.0 Å². The van der Waals surface area contributed by atoms with Crippen molar-refractivity contribution >= 4 is 27.9 Å². The van der Waals surface area contributed by atoms with Gasteiger partial charge in [-0.3, -0.25) is 9.20 Å². The van der Waals surface area contributed by atoms with Crippen LogP contribution in [0.15, 0.2) is 40.6 Å². The number of hydrogen-bond donors (Lipinski definition) is 0. The van der Waals surface area contributed by atoms with Crippen LogP contribution in [0.2, 0.25) is 5.02 Å². The summed E-state index contributed by atoms with van der Waals surface area (Å²) < 4.78 is 1.68. The van der Waals surface area contributed by atoms with Crippen LogP contribution in [0.25, 0.3) is 4.96 Å². The van der Waals surface area contributed by atoms with Gasteiger partial charge in [-0.05, 0) is 55.2 Å². The minimum Gasteiger partial charge on any atom is -0.302 e. The van der Waals surface area contributed by atoms with E-state index in [0.717, 1.165) is 59.1 Å². The fourth-order valence-corrected chi connectivity index (χ4v) is 5.83. The lowest BCUT2D eigenvalue weighted by Gasteiger charge is -2.40. The second-order valence-corrected chi connectivity index (χ2v) is 9.18. The van der Waals surface area contributed by atoms with Gasteiger partial charge in [0.2, 0.25) is 0 Å². The van der Waals surface area contributed by atoms with Crippen molar-refractivity contribution < 1.29 is 0 Å². The van der Waals surface area contributed by atoms with Crippen LogP contribution in [0.3, 0.4) is 0 Å². The smallest absolute Gasteiger partial charge is 0.261 e. The normalized spacial score (nSPS) is 24.9. The van der Waals surface area contributed by atoms with Gasteiger partial charge in [0.25, 0.3) is 5.56 Å². The third kappa shape index (κ3) is 3.02. The van der Waals surface area contributed by atoms with Crippen molar-refractivity contribution in [2.45, 2.75) is 25.7 Å². The van der Waals surface area contributed by atoms with E-state index in [1.807, 2.05) is 24.6 Å². The topological polar surface area (TPSA) is 37.6 Å². The molecule has 5 rings (SSSR count). The van der Waals surface area contributed by atoms with Gasteiger partial charge in [0.1, 0.15) is 0 Å². The fourth-order valence-electron chi connectivity index (χ4n) is 4.88. The van der Waals surface area contributed by atoms with Crippen LogP contribution in [0, 0.1) is 18.8 Å². The van der Waals surface area contributed by atoms with E-state index in [2.05, 4.69) is 28.1 Å². The van der Waals surface area contributed by atoms with Crippen molar-refractivity contribution in [1.82, 2.24) is 14.3 Å². The lowest BCUT2D eigenvalue weighted by atomic mass is 9.64. The van der Waals surface area contributed by atoms with E-state index in [4.69, 9.17) is 11.6 Å². The van der Waals surface area contributed by atoms with Crippen LogP contribution >= 0.6 is 22.9 Å². The molecule has 1 aliphatic carbocycles. The summed E-state index contributed by atoms with van der Waals surface area (Å²) in [7, 11) is 0. The minimum atomic E-state index is 0.0951. The standard InChI is InChI=1S/C21H22ClN3OS/c1-13-17(20(26)25-7-8-27-21(25)23-13)5-6-24-11-15-10-18(19(15)12-24)14-3-2-4-16(22)9-14/h2-4,7-9,15,18-19H,5-6,10-12H2,1H3. The highest BCUT2D eigenvalue weighted by atomic mass is 35.5. The predicted octanol–water partition coefficient (Wildman–Crippen LogP) is 4.00. The number of fused-ring (bicyclic) bond motifs is 2. The van der Waals surface area contributed by atoms with Gasteiger partial charge < -0.3 is 4.90 Å². The second kappa shape index (κ2) is 6.73. The average molecular weight is 400 g/mol. The largest absolute Gasteiger partial charge is 0.302 e. The number of likely N-dealkylation sites (tertiary alicyclic amines) is 1. The molecule has 27 heavy (non-hydrogen) atoms. The maximum atomic E-state index is 12.7. The predicted molar refractivity (Wildman–Crippen MR) is 110 cm³/mol. The van der Waals surface area contributed by atoms with Crippen molar-refractivity contribution in [2.24, 2.45) is 11.8 Å². The molecule has 2 aromatic heterocycles. The lowest BCUT2D eigenvalue weighted by Crippen LogP contribution is -2.33. The minimum absolute atomic E-state index is 0.0951. The van der Waals surface area contributed by atoms with Gasteiger partial charge in [-0.1, -0.05) is 23.7 Å². The Hall–Kier alpha value is -1.69. The monoisotopic (exact) mass is 399 g/mol. The Bertz CT molecular complexity index is 1060. The van der Waals surface area contributed by atoms with E-state index in [1.54, 1.807) is 4.40 Å². The van der Waals surface area contributed by atoms with Crippen molar-refractivity contribution in [3.63, 3.8) is 0 Å². The molecule has 1 aromatic carbocycles. The summed E-state index contributed by atoms with van der Waals surface area (Å²) in [5, 5.41) is 2.75. The first-order valence-electron chi connectivity index (χ1n) is 9.53. The first-order chi connectivity index (χ1) is 13.1. The molecule has 2 fully saturated rings. The summed E-state index contributed by atoms with van der Waals surface area (Å²) >= 11 is 7.68. The molecule has 3 heterocycles. The number of benzene rings is 1. The Morgan fingerprint density at radius 3 is 3.07 bits per heavy atom. The molecule has 0 amide bonds.